The van der Waals surface area contributed by atoms with Crippen LogP contribution in [-0.2, 0) is 11.2 Å². The molecule has 1 amide bonds. The van der Waals surface area contributed by atoms with E-state index >= 15 is 0 Å². The van der Waals surface area contributed by atoms with Crippen LogP contribution >= 0.6 is 11.3 Å². The second-order valence-electron chi connectivity index (χ2n) is 7.06. The van der Waals surface area contributed by atoms with Gasteiger partial charge in [0.05, 0.1) is 5.39 Å². The Hall–Kier alpha value is -2.09. The van der Waals surface area contributed by atoms with Crippen LogP contribution in [0.4, 0.5) is 0 Å². The molecule has 1 fully saturated rings. The van der Waals surface area contributed by atoms with Crippen LogP contribution in [0.3, 0.4) is 0 Å². The first-order chi connectivity index (χ1) is 12.8. The molecule has 138 valence electrons. The summed E-state index contributed by atoms with van der Waals surface area (Å²) in [5, 5.41) is 7.55. The molecule has 0 unspecified atom stereocenters. The van der Waals surface area contributed by atoms with Gasteiger partial charge in [0.2, 0.25) is 5.88 Å². The van der Waals surface area contributed by atoms with Crippen molar-refractivity contribution in [1.82, 2.24) is 9.97 Å². The lowest BCUT2D eigenvalue weighted by atomic mass is 9.95. The first-order valence-electron chi connectivity index (χ1n) is 9.33. The lowest BCUT2D eigenvalue weighted by Gasteiger charge is -2.23. The maximum absolute atomic E-state index is 11.7. The van der Waals surface area contributed by atoms with E-state index in [9.17, 15) is 4.79 Å². The SMILES string of the molecule is NN=NC(=O)CC[C@H]1CCc2sc3ncnc(OC4CCCCC4)c3c21. The van der Waals surface area contributed by atoms with Crippen molar-refractivity contribution in [3.63, 3.8) is 0 Å². The first kappa shape index (κ1) is 17.3. The zero-order chi connectivity index (χ0) is 17.9. The second kappa shape index (κ2) is 7.65. The zero-order valence-corrected chi connectivity index (χ0v) is 15.5. The number of nitrogens with two attached hydrogens (primary N) is 1. The fourth-order valence-electron chi connectivity index (χ4n) is 4.17. The first-order valence-corrected chi connectivity index (χ1v) is 10.1. The second-order valence-corrected chi connectivity index (χ2v) is 8.14. The van der Waals surface area contributed by atoms with Crippen LogP contribution in [-0.4, -0.2) is 22.0 Å². The van der Waals surface area contributed by atoms with Crippen molar-refractivity contribution in [3.05, 3.63) is 16.8 Å². The number of ether oxygens (including phenoxy) is 1. The number of aryl methyl sites for hydroxylation is 1. The third-order valence-corrected chi connectivity index (χ3v) is 6.58. The molecule has 0 radical (unpaired) electrons. The van der Waals surface area contributed by atoms with Gasteiger partial charge in [-0.25, -0.2) is 9.97 Å². The lowest BCUT2D eigenvalue weighted by molar-refractivity contribution is -0.118. The molecule has 2 N–H and O–H groups in total. The highest BCUT2D eigenvalue weighted by Crippen LogP contribution is 2.47. The van der Waals surface area contributed by atoms with Gasteiger partial charge < -0.3 is 10.6 Å². The molecule has 0 saturated heterocycles. The molecule has 2 heterocycles. The maximum Gasteiger partial charge on any atom is 0.266 e. The zero-order valence-electron chi connectivity index (χ0n) is 14.7. The number of hydrogen-bond acceptors (Lipinski definition) is 6. The Labute approximate surface area is 156 Å². The highest BCUT2D eigenvalue weighted by atomic mass is 32.1. The summed E-state index contributed by atoms with van der Waals surface area (Å²) in [4.78, 5) is 22.9. The normalized spacial score (nSPS) is 20.7. The highest BCUT2D eigenvalue weighted by Gasteiger charge is 2.31. The van der Waals surface area contributed by atoms with E-state index in [1.54, 1.807) is 17.7 Å². The van der Waals surface area contributed by atoms with Crippen molar-refractivity contribution in [2.75, 3.05) is 0 Å². The fraction of sp³-hybridized carbons (Fsp3) is 0.611. The molecule has 1 atom stereocenters. The van der Waals surface area contributed by atoms with Gasteiger partial charge in [-0.1, -0.05) is 16.8 Å². The summed E-state index contributed by atoms with van der Waals surface area (Å²) in [5.41, 5.74) is 1.29. The number of hydrogen-bond donors (Lipinski definition) is 1. The summed E-state index contributed by atoms with van der Waals surface area (Å²) in [5.74, 6) is 5.73. The van der Waals surface area contributed by atoms with Gasteiger partial charge in [-0.2, -0.15) is 0 Å². The summed E-state index contributed by atoms with van der Waals surface area (Å²) in [6.07, 6.45) is 11.0. The molecule has 2 aromatic rings. The Bertz CT molecular complexity index is 828. The van der Waals surface area contributed by atoms with Gasteiger partial charge in [0.1, 0.15) is 17.3 Å². The smallest absolute Gasteiger partial charge is 0.266 e. The van der Waals surface area contributed by atoms with Gasteiger partial charge >= 0.3 is 0 Å². The van der Waals surface area contributed by atoms with Crippen LogP contribution in [0.15, 0.2) is 16.7 Å². The Morgan fingerprint density at radius 1 is 1.27 bits per heavy atom. The molecular weight excluding hydrogens is 350 g/mol. The number of carbonyl (C=O) groups excluding carboxylic acids is 1. The van der Waals surface area contributed by atoms with E-state index in [1.165, 1.54) is 29.7 Å². The Morgan fingerprint density at radius 3 is 2.92 bits per heavy atom. The van der Waals surface area contributed by atoms with Crippen LogP contribution < -0.4 is 10.6 Å². The van der Waals surface area contributed by atoms with E-state index in [1.807, 2.05) is 0 Å². The quantitative estimate of drug-likeness (QED) is 0.483. The maximum atomic E-state index is 11.7. The van der Waals surface area contributed by atoms with Crippen LogP contribution in [0.5, 0.6) is 5.88 Å². The summed E-state index contributed by atoms with van der Waals surface area (Å²) in [6.45, 7) is 0. The van der Waals surface area contributed by atoms with E-state index in [-0.39, 0.29) is 12.0 Å². The number of rotatable bonds is 5. The van der Waals surface area contributed by atoms with Crippen molar-refractivity contribution < 1.29 is 9.53 Å². The molecule has 0 aliphatic heterocycles. The van der Waals surface area contributed by atoms with Gasteiger partial charge in [0, 0.05) is 11.3 Å². The third kappa shape index (κ3) is 3.42. The largest absolute Gasteiger partial charge is 0.474 e. The summed E-state index contributed by atoms with van der Waals surface area (Å²) in [6, 6.07) is 0. The number of fused-ring (bicyclic) bond motifs is 3. The molecule has 2 aliphatic carbocycles. The average Bonchev–Trinajstić information content (AvgIpc) is 3.20. The van der Waals surface area contributed by atoms with E-state index in [0.717, 1.165) is 48.2 Å². The third-order valence-electron chi connectivity index (χ3n) is 5.40. The van der Waals surface area contributed by atoms with Crippen molar-refractivity contribution in [2.24, 2.45) is 16.2 Å². The molecule has 2 aromatic heterocycles. The van der Waals surface area contributed by atoms with Crippen molar-refractivity contribution >= 4 is 27.5 Å². The Kier molecular flexibility index (Phi) is 5.10. The van der Waals surface area contributed by atoms with Crippen LogP contribution in [0.1, 0.15) is 67.7 Å². The van der Waals surface area contributed by atoms with Crippen LogP contribution in [0.25, 0.3) is 10.2 Å². The average molecular weight is 373 g/mol. The van der Waals surface area contributed by atoms with Crippen LogP contribution in [0, 0.1) is 0 Å². The highest BCUT2D eigenvalue weighted by molar-refractivity contribution is 7.19. The lowest BCUT2D eigenvalue weighted by Crippen LogP contribution is -2.20. The van der Waals surface area contributed by atoms with E-state index < -0.39 is 0 Å². The summed E-state index contributed by atoms with van der Waals surface area (Å²) >= 11 is 1.73. The molecule has 0 aromatic carbocycles. The van der Waals surface area contributed by atoms with Gasteiger partial charge in [-0.05, 0) is 56.4 Å². The fourth-order valence-corrected chi connectivity index (χ4v) is 5.40. The Morgan fingerprint density at radius 2 is 2.12 bits per heavy atom. The number of amides is 1. The van der Waals surface area contributed by atoms with Crippen LogP contribution in [0.2, 0.25) is 0 Å². The monoisotopic (exact) mass is 373 g/mol. The standard InChI is InChI=1S/C18H23N5O2S/c19-23-22-14(24)9-7-11-6-8-13-15(11)16-17(20-10-21-18(16)26-13)25-12-4-2-1-3-5-12/h10-12H,1-9H2,(H2,19,22,24)/t11-/m1/s1. The van der Waals surface area contributed by atoms with E-state index in [4.69, 9.17) is 10.6 Å². The minimum absolute atomic E-state index is 0.254. The summed E-state index contributed by atoms with van der Waals surface area (Å²) < 4.78 is 6.30. The van der Waals surface area contributed by atoms with Crippen molar-refractivity contribution in [2.45, 2.75) is 69.8 Å². The number of aromatic nitrogens is 2. The van der Waals surface area contributed by atoms with Crippen molar-refractivity contribution in [1.29, 1.82) is 0 Å². The Balaban J connectivity index is 1.60. The number of thiophene rings is 1. The van der Waals surface area contributed by atoms with Gasteiger partial charge in [0.15, 0.2) is 0 Å². The van der Waals surface area contributed by atoms with Gasteiger partial charge in [-0.3, -0.25) is 4.79 Å². The molecule has 2 aliphatic rings. The van der Waals surface area contributed by atoms with Gasteiger partial charge in [-0.15, -0.1) is 11.3 Å². The molecule has 7 nitrogen and oxygen atoms in total. The van der Waals surface area contributed by atoms with E-state index in [2.05, 4.69) is 20.3 Å². The molecule has 4 rings (SSSR count). The van der Waals surface area contributed by atoms with Gasteiger partial charge in [0.25, 0.3) is 5.91 Å². The minimum Gasteiger partial charge on any atom is -0.474 e. The molecule has 0 bridgehead atoms. The summed E-state index contributed by atoms with van der Waals surface area (Å²) in [7, 11) is 0. The number of carbonyl (C=O) groups is 1. The molecule has 26 heavy (non-hydrogen) atoms. The molecule has 0 spiro atoms. The number of nitrogens with zero attached hydrogens (tertiary/aromatic N) is 4. The predicted octanol–water partition coefficient (Wildman–Crippen LogP) is 4.07. The predicted molar refractivity (Wildman–Crippen MR) is 99.3 cm³/mol. The molecular formula is C18H23N5O2S. The topological polar surface area (TPSA) is 103 Å². The molecule has 1 saturated carbocycles. The van der Waals surface area contributed by atoms with E-state index in [0.29, 0.717) is 12.3 Å². The molecule has 8 heteroatoms. The van der Waals surface area contributed by atoms with Crippen molar-refractivity contribution in [3.8, 4) is 5.88 Å². The minimum atomic E-state index is -0.268.